The second-order valence-electron chi connectivity index (χ2n) is 4.00. The lowest BCUT2D eigenvalue weighted by atomic mass is 10.0. The number of ether oxygens (including phenoxy) is 2. The zero-order valence-electron chi connectivity index (χ0n) is 11.4. The summed E-state index contributed by atoms with van der Waals surface area (Å²) in [7, 11) is 1.19. The summed E-state index contributed by atoms with van der Waals surface area (Å²) in [6, 6.07) is 2.44. The summed E-state index contributed by atoms with van der Waals surface area (Å²) in [6.45, 7) is 3.36. The number of rotatable bonds is 4. The van der Waals surface area contributed by atoms with Crippen molar-refractivity contribution in [3.05, 3.63) is 34.9 Å². The van der Waals surface area contributed by atoms with Crippen LogP contribution in [0.2, 0.25) is 0 Å². The Bertz CT molecular complexity index is 519. The molecule has 0 aliphatic heterocycles. The molecule has 0 fully saturated rings. The number of carbonyl (C=O) groups is 1. The molecule has 0 aromatic heterocycles. The fraction of sp³-hybridized carbons (Fsp3) is 0.357. The number of hydrogen-bond acceptors (Lipinski definition) is 3. The van der Waals surface area contributed by atoms with Crippen LogP contribution in [-0.4, -0.2) is 19.7 Å². The van der Waals surface area contributed by atoms with Crippen molar-refractivity contribution in [1.82, 2.24) is 0 Å². The lowest BCUT2D eigenvalue weighted by Gasteiger charge is -2.15. The number of carbonyl (C=O) groups excluding carboxylic acids is 1. The second-order valence-corrected chi connectivity index (χ2v) is 4.00. The van der Waals surface area contributed by atoms with Crippen LogP contribution in [0.4, 0.5) is 13.2 Å². The highest BCUT2D eigenvalue weighted by Gasteiger charge is 2.35. The minimum absolute atomic E-state index is 0.207. The molecule has 6 heteroatoms. The van der Waals surface area contributed by atoms with Crippen LogP contribution in [0.5, 0.6) is 5.75 Å². The number of methoxy groups -OCH3 is 1. The fourth-order valence-electron chi connectivity index (χ4n) is 1.73. The highest BCUT2D eigenvalue weighted by atomic mass is 19.4. The smallest absolute Gasteiger partial charge is 0.419 e. The quantitative estimate of drug-likeness (QED) is 0.627. The highest BCUT2D eigenvalue weighted by Crippen LogP contribution is 2.38. The fourth-order valence-corrected chi connectivity index (χ4v) is 1.73. The maximum Gasteiger partial charge on any atom is 0.419 e. The van der Waals surface area contributed by atoms with E-state index in [1.807, 2.05) is 0 Å². The topological polar surface area (TPSA) is 35.5 Å². The van der Waals surface area contributed by atoms with Gasteiger partial charge in [-0.1, -0.05) is 0 Å². The second kappa shape index (κ2) is 6.45. The molecule has 0 radical (unpaired) electrons. The number of alkyl halides is 3. The molecule has 0 amide bonds. The van der Waals surface area contributed by atoms with Crippen LogP contribution in [0.25, 0.3) is 6.08 Å². The summed E-state index contributed by atoms with van der Waals surface area (Å²) in [5.74, 6) is -0.819. The summed E-state index contributed by atoms with van der Waals surface area (Å²) >= 11 is 0. The molecule has 0 atom stereocenters. The molecule has 20 heavy (non-hydrogen) atoms. The molecule has 0 aliphatic rings. The summed E-state index contributed by atoms with van der Waals surface area (Å²) in [4.78, 5) is 11.2. The molecule has 110 valence electrons. The minimum atomic E-state index is -4.52. The van der Waals surface area contributed by atoms with Gasteiger partial charge >= 0.3 is 12.1 Å². The third-order valence-electron chi connectivity index (χ3n) is 2.50. The van der Waals surface area contributed by atoms with Gasteiger partial charge in [-0.2, -0.15) is 13.2 Å². The predicted molar refractivity (Wildman–Crippen MR) is 68.4 cm³/mol. The van der Waals surface area contributed by atoms with Gasteiger partial charge in [0, 0.05) is 6.08 Å². The molecule has 0 spiro atoms. The van der Waals surface area contributed by atoms with Gasteiger partial charge in [0.2, 0.25) is 0 Å². The Hall–Kier alpha value is -1.98. The Kier molecular flexibility index (Phi) is 5.19. The first-order chi connectivity index (χ1) is 9.29. The van der Waals surface area contributed by atoms with Crippen molar-refractivity contribution in [3.63, 3.8) is 0 Å². The Labute approximate surface area is 115 Å². The molecule has 1 aromatic carbocycles. The molecule has 0 aliphatic carbocycles. The first-order valence-corrected chi connectivity index (χ1v) is 5.90. The molecule has 0 saturated carbocycles. The molecule has 1 rings (SSSR count). The lowest BCUT2D eigenvalue weighted by molar-refractivity contribution is -0.139. The van der Waals surface area contributed by atoms with Gasteiger partial charge in [0.15, 0.2) is 0 Å². The van der Waals surface area contributed by atoms with Crippen molar-refractivity contribution in [2.45, 2.75) is 20.0 Å². The van der Waals surface area contributed by atoms with E-state index >= 15 is 0 Å². The van der Waals surface area contributed by atoms with Gasteiger partial charge in [-0.25, -0.2) is 4.79 Å². The molecule has 0 unspecified atom stereocenters. The Morgan fingerprint density at radius 3 is 2.50 bits per heavy atom. The van der Waals surface area contributed by atoms with E-state index < -0.39 is 17.7 Å². The van der Waals surface area contributed by atoms with Crippen LogP contribution in [0.1, 0.15) is 23.6 Å². The number of hydrogen-bond donors (Lipinski definition) is 0. The highest BCUT2D eigenvalue weighted by molar-refractivity contribution is 5.87. The molecule has 0 saturated heterocycles. The van der Waals surface area contributed by atoms with E-state index in [2.05, 4.69) is 4.74 Å². The van der Waals surface area contributed by atoms with Gasteiger partial charge in [0.25, 0.3) is 0 Å². The minimum Gasteiger partial charge on any atom is -0.496 e. The Morgan fingerprint density at radius 1 is 1.35 bits per heavy atom. The molecule has 0 N–H and O–H groups in total. The van der Waals surface area contributed by atoms with E-state index in [0.29, 0.717) is 5.56 Å². The zero-order valence-corrected chi connectivity index (χ0v) is 11.4. The van der Waals surface area contributed by atoms with E-state index in [4.69, 9.17) is 4.74 Å². The first-order valence-electron chi connectivity index (χ1n) is 5.90. The van der Waals surface area contributed by atoms with Crippen molar-refractivity contribution in [3.8, 4) is 5.75 Å². The van der Waals surface area contributed by atoms with E-state index in [0.717, 1.165) is 12.1 Å². The van der Waals surface area contributed by atoms with E-state index in [-0.39, 0.29) is 17.9 Å². The largest absolute Gasteiger partial charge is 0.496 e. The molecular weight excluding hydrogens is 273 g/mol. The molecule has 3 nitrogen and oxygen atoms in total. The third kappa shape index (κ3) is 4.01. The monoisotopic (exact) mass is 288 g/mol. The summed E-state index contributed by atoms with van der Waals surface area (Å²) in [5.41, 5.74) is -0.280. The van der Waals surface area contributed by atoms with Crippen LogP contribution in [-0.2, 0) is 15.7 Å². The Balaban J connectivity index is 3.18. The van der Waals surface area contributed by atoms with Crippen molar-refractivity contribution in [2.75, 3.05) is 13.7 Å². The van der Waals surface area contributed by atoms with Crippen LogP contribution < -0.4 is 4.74 Å². The van der Waals surface area contributed by atoms with E-state index in [1.165, 1.54) is 26.2 Å². The van der Waals surface area contributed by atoms with Gasteiger partial charge in [0.1, 0.15) is 5.75 Å². The number of esters is 1. The first kappa shape index (κ1) is 16.1. The SMILES string of the molecule is CCOC(=O)/C=C/c1cc(C)c(OC)c(C(F)(F)F)c1. The predicted octanol–water partition coefficient (Wildman–Crippen LogP) is 3.60. The molecular formula is C14H15F3O3. The summed E-state index contributed by atoms with van der Waals surface area (Å²) < 4.78 is 48.2. The zero-order chi connectivity index (χ0) is 15.3. The van der Waals surface area contributed by atoms with E-state index in [9.17, 15) is 18.0 Å². The van der Waals surface area contributed by atoms with Crippen LogP contribution in [0, 0.1) is 6.92 Å². The number of halogens is 3. The molecule has 0 heterocycles. The third-order valence-corrected chi connectivity index (χ3v) is 2.50. The molecule has 1 aromatic rings. The van der Waals surface area contributed by atoms with Crippen LogP contribution >= 0.6 is 0 Å². The number of aryl methyl sites for hydroxylation is 1. The van der Waals surface area contributed by atoms with Crippen LogP contribution in [0.15, 0.2) is 18.2 Å². The standard InChI is InChI=1S/C14H15F3O3/c1-4-20-12(18)6-5-10-7-9(2)13(19-3)11(8-10)14(15,16)17/h5-8H,4H2,1-3H3/b6-5+. The van der Waals surface area contributed by atoms with Gasteiger partial charge in [0.05, 0.1) is 19.3 Å². The van der Waals surface area contributed by atoms with Crippen molar-refractivity contribution in [1.29, 1.82) is 0 Å². The van der Waals surface area contributed by atoms with E-state index in [1.54, 1.807) is 6.92 Å². The average Bonchev–Trinajstić information content (AvgIpc) is 2.35. The van der Waals surface area contributed by atoms with Gasteiger partial charge in [-0.15, -0.1) is 0 Å². The average molecular weight is 288 g/mol. The lowest BCUT2D eigenvalue weighted by Crippen LogP contribution is -2.09. The Morgan fingerprint density at radius 2 is 2.00 bits per heavy atom. The summed E-state index contributed by atoms with van der Waals surface area (Å²) in [6.07, 6.45) is -2.16. The maximum absolute atomic E-state index is 12.9. The van der Waals surface area contributed by atoms with Crippen molar-refractivity contribution < 1.29 is 27.4 Å². The van der Waals surface area contributed by atoms with Crippen molar-refractivity contribution >= 4 is 12.0 Å². The van der Waals surface area contributed by atoms with Gasteiger partial charge < -0.3 is 9.47 Å². The summed E-state index contributed by atoms with van der Waals surface area (Å²) in [5, 5.41) is 0. The van der Waals surface area contributed by atoms with Crippen LogP contribution in [0.3, 0.4) is 0 Å². The molecule has 0 bridgehead atoms. The normalized spacial score (nSPS) is 11.7. The van der Waals surface area contributed by atoms with Gasteiger partial charge in [-0.05, 0) is 43.2 Å². The number of benzene rings is 1. The maximum atomic E-state index is 12.9. The van der Waals surface area contributed by atoms with Gasteiger partial charge in [-0.3, -0.25) is 0 Å². The van der Waals surface area contributed by atoms with Crippen molar-refractivity contribution in [2.24, 2.45) is 0 Å².